The maximum atomic E-state index is 12.4. The van der Waals surface area contributed by atoms with E-state index in [1.54, 1.807) is 30.3 Å². The van der Waals surface area contributed by atoms with Crippen LogP contribution in [0.3, 0.4) is 0 Å². The van der Waals surface area contributed by atoms with Gasteiger partial charge in [0.15, 0.2) is 11.5 Å². The van der Waals surface area contributed by atoms with Crippen LogP contribution >= 0.6 is 0 Å². The minimum absolute atomic E-state index is 0.132. The summed E-state index contributed by atoms with van der Waals surface area (Å²) < 4.78 is 5.67. The van der Waals surface area contributed by atoms with Gasteiger partial charge >= 0.3 is 0 Å². The Labute approximate surface area is 180 Å². The summed E-state index contributed by atoms with van der Waals surface area (Å²) >= 11 is 0. The molecule has 3 aromatic carbocycles. The predicted octanol–water partition coefficient (Wildman–Crippen LogP) is 4.99. The summed E-state index contributed by atoms with van der Waals surface area (Å²) in [5.74, 6) is 0.218. The molecule has 0 fully saturated rings. The average Bonchev–Trinajstić information content (AvgIpc) is 3.22. The second-order valence-corrected chi connectivity index (χ2v) is 7.56. The summed E-state index contributed by atoms with van der Waals surface area (Å²) in [6, 6.07) is 22.5. The van der Waals surface area contributed by atoms with Gasteiger partial charge in [-0.1, -0.05) is 56.3 Å². The molecule has 4 aromatic rings. The molecule has 31 heavy (non-hydrogen) atoms. The van der Waals surface area contributed by atoms with Crippen molar-refractivity contribution in [3.05, 3.63) is 84.3 Å². The molecule has 0 saturated heterocycles. The number of nitrogens with one attached hydrogen (secondary N) is 2. The van der Waals surface area contributed by atoms with Crippen molar-refractivity contribution in [2.24, 2.45) is 0 Å². The molecule has 6 heteroatoms. The number of oxazole rings is 1. The van der Waals surface area contributed by atoms with Crippen molar-refractivity contribution in [1.82, 2.24) is 10.3 Å². The molecule has 156 valence electrons. The molecule has 1 heterocycles. The molecule has 2 N–H and O–H groups in total. The minimum Gasteiger partial charge on any atom is -0.440 e. The lowest BCUT2D eigenvalue weighted by atomic mass is 10.0. The quantitative estimate of drug-likeness (QED) is 0.467. The first-order valence-corrected chi connectivity index (χ1v) is 10.1. The van der Waals surface area contributed by atoms with Crippen molar-refractivity contribution >= 4 is 28.6 Å². The second-order valence-electron chi connectivity index (χ2n) is 7.56. The van der Waals surface area contributed by atoms with Gasteiger partial charge in [0.05, 0.1) is 6.54 Å². The van der Waals surface area contributed by atoms with Crippen molar-refractivity contribution in [2.75, 3.05) is 11.9 Å². The lowest BCUT2D eigenvalue weighted by Gasteiger charge is -2.08. The normalized spacial score (nSPS) is 10.9. The zero-order valence-electron chi connectivity index (χ0n) is 17.4. The lowest BCUT2D eigenvalue weighted by molar-refractivity contribution is -0.115. The maximum absolute atomic E-state index is 12.4. The number of carbonyl (C=O) groups is 2. The van der Waals surface area contributed by atoms with Crippen LogP contribution in [0.1, 0.15) is 36.0 Å². The van der Waals surface area contributed by atoms with Crippen LogP contribution < -0.4 is 10.6 Å². The van der Waals surface area contributed by atoms with Crippen LogP contribution in [-0.2, 0) is 4.79 Å². The van der Waals surface area contributed by atoms with Crippen LogP contribution in [-0.4, -0.2) is 23.3 Å². The first kappa shape index (κ1) is 20.3. The molecule has 0 saturated carbocycles. The molecular weight excluding hydrogens is 390 g/mol. The van der Waals surface area contributed by atoms with Crippen molar-refractivity contribution in [3.8, 4) is 11.1 Å². The predicted molar refractivity (Wildman–Crippen MR) is 121 cm³/mol. The van der Waals surface area contributed by atoms with Crippen LogP contribution in [0.15, 0.2) is 77.2 Å². The van der Waals surface area contributed by atoms with E-state index in [0.29, 0.717) is 28.2 Å². The standard InChI is InChI=1S/C25H23N3O3/c1-16(2)25-28-21-14-20(12-13-22(21)31-25)27-23(29)15-26-24(30)19-10-8-18(9-11-19)17-6-4-3-5-7-17/h3-14,16H,15H2,1-2H3,(H,26,30)(H,27,29). The van der Waals surface area contributed by atoms with E-state index >= 15 is 0 Å². The fourth-order valence-corrected chi connectivity index (χ4v) is 3.18. The van der Waals surface area contributed by atoms with Gasteiger partial charge in [-0.3, -0.25) is 9.59 Å². The minimum atomic E-state index is -0.318. The summed E-state index contributed by atoms with van der Waals surface area (Å²) in [6.07, 6.45) is 0. The highest BCUT2D eigenvalue weighted by molar-refractivity contribution is 6.00. The Hall–Kier alpha value is -3.93. The fourth-order valence-electron chi connectivity index (χ4n) is 3.18. The van der Waals surface area contributed by atoms with E-state index < -0.39 is 0 Å². The van der Waals surface area contributed by atoms with Gasteiger partial charge < -0.3 is 15.1 Å². The summed E-state index contributed by atoms with van der Waals surface area (Å²) in [7, 11) is 0. The maximum Gasteiger partial charge on any atom is 0.251 e. The van der Waals surface area contributed by atoms with Crippen LogP contribution in [0.4, 0.5) is 5.69 Å². The van der Waals surface area contributed by atoms with E-state index in [4.69, 9.17) is 4.42 Å². The van der Waals surface area contributed by atoms with Gasteiger partial charge in [0.1, 0.15) is 5.52 Å². The highest BCUT2D eigenvalue weighted by Crippen LogP contribution is 2.23. The molecule has 0 aliphatic rings. The van der Waals surface area contributed by atoms with Gasteiger partial charge in [-0.05, 0) is 41.5 Å². The number of amides is 2. The summed E-state index contributed by atoms with van der Waals surface area (Å²) in [6.45, 7) is 3.88. The Balaban J connectivity index is 1.34. The molecule has 4 rings (SSSR count). The fraction of sp³-hybridized carbons (Fsp3) is 0.160. The Bertz CT molecular complexity index is 1210. The van der Waals surface area contributed by atoms with E-state index in [1.807, 2.05) is 56.3 Å². The monoisotopic (exact) mass is 413 g/mol. The van der Waals surface area contributed by atoms with Gasteiger partial charge in [0.2, 0.25) is 5.91 Å². The first-order valence-electron chi connectivity index (χ1n) is 10.1. The SMILES string of the molecule is CC(C)c1nc2cc(NC(=O)CNC(=O)c3ccc(-c4ccccc4)cc3)ccc2o1. The van der Waals surface area contributed by atoms with E-state index in [1.165, 1.54) is 0 Å². The Morgan fingerprint density at radius 1 is 0.935 bits per heavy atom. The van der Waals surface area contributed by atoms with Gasteiger partial charge in [-0.2, -0.15) is 0 Å². The molecular formula is C25H23N3O3. The molecule has 2 amide bonds. The van der Waals surface area contributed by atoms with Crippen molar-refractivity contribution in [1.29, 1.82) is 0 Å². The molecule has 0 spiro atoms. The third-order valence-electron chi connectivity index (χ3n) is 4.85. The summed E-state index contributed by atoms with van der Waals surface area (Å²) in [5, 5.41) is 5.42. The van der Waals surface area contributed by atoms with E-state index in [0.717, 1.165) is 11.1 Å². The zero-order chi connectivity index (χ0) is 21.8. The van der Waals surface area contributed by atoms with Crippen molar-refractivity contribution < 1.29 is 14.0 Å². The van der Waals surface area contributed by atoms with Crippen LogP contribution in [0.2, 0.25) is 0 Å². The van der Waals surface area contributed by atoms with Crippen molar-refractivity contribution in [2.45, 2.75) is 19.8 Å². The Morgan fingerprint density at radius 3 is 2.35 bits per heavy atom. The number of nitrogens with zero attached hydrogens (tertiary/aromatic N) is 1. The highest BCUT2D eigenvalue weighted by atomic mass is 16.3. The van der Waals surface area contributed by atoms with Gasteiger partial charge in [0, 0.05) is 17.2 Å². The molecule has 0 aliphatic carbocycles. The number of carbonyl (C=O) groups excluding carboxylic acids is 2. The van der Waals surface area contributed by atoms with E-state index in [-0.39, 0.29) is 24.3 Å². The van der Waals surface area contributed by atoms with E-state index in [2.05, 4.69) is 15.6 Å². The van der Waals surface area contributed by atoms with Crippen LogP contribution in [0, 0.1) is 0 Å². The third kappa shape index (κ3) is 4.80. The van der Waals surface area contributed by atoms with Gasteiger partial charge in [-0.25, -0.2) is 4.98 Å². The highest BCUT2D eigenvalue weighted by Gasteiger charge is 2.12. The molecule has 0 aliphatic heterocycles. The molecule has 0 radical (unpaired) electrons. The summed E-state index contributed by atoms with van der Waals surface area (Å²) in [5.41, 5.74) is 4.57. The smallest absolute Gasteiger partial charge is 0.251 e. The van der Waals surface area contributed by atoms with Gasteiger partial charge in [-0.15, -0.1) is 0 Å². The first-order chi connectivity index (χ1) is 15.0. The molecule has 1 aromatic heterocycles. The van der Waals surface area contributed by atoms with Crippen molar-refractivity contribution in [3.63, 3.8) is 0 Å². The average molecular weight is 413 g/mol. The molecule has 0 bridgehead atoms. The number of aromatic nitrogens is 1. The lowest BCUT2D eigenvalue weighted by Crippen LogP contribution is -2.32. The molecule has 6 nitrogen and oxygen atoms in total. The number of rotatable bonds is 6. The molecule has 0 unspecified atom stereocenters. The number of fused-ring (bicyclic) bond motifs is 1. The van der Waals surface area contributed by atoms with Crippen LogP contribution in [0.25, 0.3) is 22.2 Å². The number of hydrogen-bond donors (Lipinski definition) is 2. The topological polar surface area (TPSA) is 84.2 Å². The molecule has 0 atom stereocenters. The zero-order valence-corrected chi connectivity index (χ0v) is 17.4. The number of anilines is 1. The second kappa shape index (κ2) is 8.83. The summed E-state index contributed by atoms with van der Waals surface area (Å²) in [4.78, 5) is 29.1. The van der Waals surface area contributed by atoms with Crippen LogP contribution in [0.5, 0.6) is 0 Å². The van der Waals surface area contributed by atoms with Gasteiger partial charge in [0.25, 0.3) is 5.91 Å². The largest absolute Gasteiger partial charge is 0.440 e. The third-order valence-corrected chi connectivity index (χ3v) is 4.85. The Morgan fingerprint density at radius 2 is 1.65 bits per heavy atom. The Kier molecular flexibility index (Phi) is 5.80. The number of benzene rings is 3. The van der Waals surface area contributed by atoms with E-state index in [9.17, 15) is 9.59 Å². The number of hydrogen-bond acceptors (Lipinski definition) is 4.